The standard InChI is InChI=1S/C24H21N5O3S2/c1-14-11-20(24(33-14)34(27,31)32)18-8-3-2-7-17(18)19-9-10-28-22(21(19)23(25)30)16-6-4-5-15(12-16)13-29-26/h2-13H,26H2,1H3,(H2,25,30)(H2,27,31,32)/b29-13-. The number of nitrogens with two attached hydrogens (primary N) is 3. The second kappa shape index (κ2) is 9.18. The second-order valence-electron chi connectivity index (χ2n) is 7.50. The summed E-state index contributed by atoms with van der Waals surface area (Å²) in [6, 6.07) is 17.9. The van der Waals surface area contributed by atoms with Gasteiger partial charge in [-0.15, -0.1) is 11.3 Å². The summed E-state index contributed by atoms with van der Waals surface area (Å²) in [5, 5.41) is 9.04. The van der Waals surface area contributed by atoms with Crippen LogP contribution in [0.3, 0.4) is 0 Å². The fourth-order valence-corrected chi connectivity index (χ4v) is 5.93. The summed E-state index contributed by atoms with van der Waals surface area (Å²) >= 11 is 1.10. The zero-order valence-corrected chi connectivity index (χ0v) is 19.7. The van der Waals surface area contributed by atoms with Gasteiger partial charge in [-0.1, -0.05) is 42.5 Å². The summed E-state index contributed by atoms with van der Waals surface area (Å²) in [6.07, 6.45) is 3.07. The molecule has 0 aliphatic rings. The van der Waals surface area contributed by atoms with Crippen LogP contribution in [0.5, 0.6) is 0 Å². The Morgan fingerprint density at radius 1 is 1.00 bits per heavy atom. The predicted molar refractivity (Wildman–Crippen MR) is 135 cm³/mol. The van der Waals surface area contributed by atoms with Gasteiger partial charge in [-0.3, -0.25) is 9.78 Å². The largest absolute Gasteiger partial charge is 0.366 e. The number of carbonyl (C=O) groups excluding carboxylic acids is 1. The average Bonchev–Trinajstić information content (AvgIpc) is 3.21. The van der Waals surface area contributed by atoms with E-state index in [0.717, 1.165) is 21.8 Å². The minimum atomic E-state index is -3.96. The van der Waals surface area contributed by atoms with Crippen LogP contribution >= 0.6 is 11.3 Å². The van der Waals surface area contributed by atoms with Crippen LogP contribution in [-0.2, 0) is 10.0 Å². The highest BCUT2D eigenvalue weighted by atomic mass is 32.2. The normalized spacial score (nSPS) is 11.7. The van der Waals surface area contributed by atoms with Gasteiger partial charge in [-0.25, -0.2) is 13.6 Å². The number of pyridine rings is 1. The van der Waals surface area contributed by atoms with Gasteiger partial charge in [-0.2, -0.15) is 5.10 Å². The number of primary amides is 1. The van der Waals surface area contributed by atoms with Crippen molar-refractivity contribution in [3.63, 3.8) is 0 Å². The van der Waals surface area contributed by atoms with Crippen molar-refractivity contribution in [2.75, 3.05) is 0 Å². The Morgan fingerprint density at radius 3 is 2.35 bits per heavy atom. The molecule has 0 atom stereocenters. The van der Waals surface area contributed by atoms with E-state index in [4.69, 9.17) is 16.7 Å². The quantitative estimate of drug-likeness (QED) is 0.214. The third kappa shape index (κ3) is 4.46. The number of hydrogen-bond acceptors (Lipinski definition) is 7. The van der Waals surface area contributed by atoms with Crippen LogP contribution < -0.4 is 16.7 Å². The Bertz CT molecular complexity index is 1540. The summed E-state index contributed by atoms with van der Waals surface area (Å²) in [5.74, 6) is 4.61. The van der Waals surface area contributed by atoms with E-state index in [1.165, 1.54) is 6.21 Å². The van der Waals surface area contributed by atoms with Crippen molar-refractivity contribution >= 4 is 33.5 Å². The van der Waals surface area contributed by atoms with E-state index in [-0.39, 0.29) is 9.77 Å². The number of nitrogens with zero attached hydrogens (tertiary/aromatic N) is 2. The molecular formula is C24H21N5O3S2. The molecule has 1 amide bonds. The topological polar surface area (TPSA) is 155 Å². The summed E-state index contributed by atoms with van der Waals surface area (Å²) in [4.78, 5) is 17.9. The van der Waals surface area contributed by atoms with E-state index in [1.54, 1.807) is 60.8 Å². The zero-order valence-electron chi connectivity index (χ0n) is 18.1. The molecule has 0 aliphatic carbocycles. The zero-order chi connectivity index (χ0) is 24.5. The first kappa shape index (κ1) is 23.3. The SMILES string of the molecule is Cc1cc(-c2ccccc2-c2ccnc(-c3cccc(/C=N\N)c3)c2C(N)=O)c(S(N)(=O)=O)s1. The Kier molecular flexibility index (Phi) is 6.29. The summed E-state index contributed by atoms with van der Waals surface area (Å²) < 4.78 is 24.6. The maximum Gasteiger partial charge on any atom is 0.251 e. The van der Waals surface area contributed by atoms with Crippen molar-refractivity contribution in [3.8, 4) is 33.5 Å². The van der Waals surface area contributed by atoms with Crippen LogP contribution in [0.2, 0.25) is 0 Å². The predicted octanol–water partition coefficient (Wildman–Crippen LogP) is 3.49. The molecule has 0 spiro atoms. The molecule has 0 bridgehead atoms. The first-order valence-corrected chi connectivity index (χ1v) is 12.4. The molecule has 0 unspecified atom stereocenters. The Morgan fingerprint density at radius 2 is 1.71 bits per heavy atom. The molecule has 0 saturated carbocycles. The van der Waals surface area contributed by atoms with E-state index >= 15 is 0 Å². The van der Waals surface area contributed by atoms with Crippen LogP contribution in [0.4, 0.5) is 0 Å². The van der Waals surface area contributed by atoms with Gasteiger partial charge in [0.25, 0.3) is 5.91 Å². The third-order valence-electron chi connectivity index (χ3n) is 5.17. The Labute approximate surface area is 200 Å². The number of thiophene rings is 1. The molecule has 6 N–H and O–H groups in total. The van der Waals surface area contributed by atoms with Gasteiger partial charge in [0.15, 0.2) is 0 Å². The first-order chi connectivity index (χ1) is 16.2. The molecule has 34 heavy (non-hydrogen) atoms. The van der Waals surface area contributed by atoms with Gasteiger partial charge >= 0.3 is 0 Å². The summed E-state index contributed by atoms with van der Waals surface area (Å²) in [5.41, 5.74) is 10.1. The molecule has 0 radical (unpaired) electrons. The smallest absolute Gasteiger partial charge is 0.251 e. The highest BCUT2D eigenvalue weighted by molar-refractivity contribution is 7.91. The highest BCUT2D eigenvalue weighted by Crippen LogP contribution is 2.41. The number of rotatable bonds is 6. The van der Waals surface area contributed by atoms with E-state index in [9.17, 15) is 13.2 Å². The molecule has 0 saturated heterocycles. The number of primary sulfonamides is 1. The van der Waals surface area contributed by atoms with Crippen LogP contribution in [-0.4, -0.2) is 25.5 Å². The lowest BCUT2D eigenvalue weighted by atomic mass is 9.90. The van der Waals surface area contributed by atoms with Crippen LogP contribution in [0, 0.1) is 6.92 Å². The van der Waals surface area contributed by atoms with Crippen molar-refractivity contribution in [1.82, 2.24) is 4.98 Å². The van der Waals surface area contributed by atoms with Crippen molar-refractivity contribution in [1.29, 1.82) is 0 Å². The van der Waals surface area contributed by atoms with Crippen LogP contribution in [0.25, 0.3) is 33.5 Å². The van der Waals surface area contributed by atoms with Crippen molar-refractivity contribution in [2.45, 2.75) is 11.1 Å². The molecule has 0 fully saturated rings. The van der Waals surface area contributed by atoms with Gasteiger partial charge < -0.3 is 11.6 Å². The molecular weight excluding hydrogens is 470 g/mol. The molecule has 4 aromatic rings. The average molecular weight is 492 g/mol. The lowest BCUT2D eigenvalue weighted by molar-refractivity contribution is 0.100. The Balaban J connectivity index is 2.00. The van der Waals surface area contributed by atoms with Crippen molar-refractivity contribution in [2.24, 2.45) is 21.8 Å². The van der Waals surface area contributed by atoms with E-state index in [0.29, 0.717) is 33.5 Å². The molecule has 0 aliphatic heterocycles. The minimum Gasteiger partial charge on any atom is -0.366 e. The molecule has 4 rings (SSSR count). The van der Waals surface area contributed by atoms with Gasteiger partial charge in [-0.05, 0) is 47.4 Å². The number of hydrogen-bond donors (Lipinski definition) is 3. The lowest BCUT2D eigenvalue weighted by Crippen LogP contribution is -2.15. The maximum atomic E-state index is 12.7. The Hall–Kier alpha value is -3.86. The molecule has 8 nitrogen and oxygen atoms in total. The fourth-order valence-electron chi connectivity index (χ4n) is 3.85. The number of hydrazone groups is 1. The number of aryl methyl sites for hydroxylation is 1. The number of carbonyl (C=O) groups is 1. The van der Waals surface area contributed by atoms with Gasteiger partial charge in [0, 0.05) is 22.2 Å². The van der Waals surface area contributed by atoms with Gasteiger partial charge in [0.1, 0.15) is 4.21 Å². The first-order valence-electron chi connectivity index (χ1n) is 10.1. The fraction of sp³-hybridized carbons (Fsp3) is 0.0417. The number of amides is 1. The van der Waals surface area contributed by atoms with Gasteiger partial charge in [0.2, 0.25) is 10.0 Å². The van der Waals surface area contributed by atoms with E-state index < -0.39 is 15.9 Å². The monoisotopic (exact) mass is 491 g/mol. The minimum absolute atomic E-state index is 0.0566. The lowest BCUT2D eigenvalue weighted by Gasteiger charge is -2.15. The summed E-state index contributed by atoms with van der Waals surface area (Å²) in [7, 11) is -3.96. The molecule has 2 heterocycles. The van der Waals surface area contributed by atoms with Crippen LogP contribution in [0.15, 0.2) is 76.2 Å². The molecule has 2 aromatic carbocycles. The van der Waals surface area contributed by atoms with E-state index in [2.05, 4.69) is 10.1 Å². The van der Waals surface area contributed by atoms with Crippen molar-refractivity contribution < 1.29 is 13.2 Å². The third-order valence-corrected chi connectivity index (χ3v) is 7.70. The van der Waals surface area contributed by atoms with Crippen molar-refractivity contribution in [3.05, 3.63) is 82.9 Å². The maximum absolute atomic E-state index is 12.7. The van der Waals surface area contributed by atoms with Gasteiger partial charge in [0.05, 0.1) is 17.5 Å². The molecule has 2 aromatic heterocycles. The summed E-state index contributed by atoms with van der Waals surface area (Å²) in [6.45, 7) is 1.81. The van der Waals surface area contributed by atoms with Crippen LogP contribution in [0.1, 0.15) is 20.8 Å². The highest BCUT2D eigenvalue weighted by Gasteiger charge is 2.24. The number of sulfonamides is 1. The number of aromatic nitrogens is 1. The second-order valence-corrected chi connectivity index (χ2v) is 10.5. The molecule has 172 valence electrons. The van der Waals surface area contributed by atoms with E-state index in [1.807, 2.05) is 13.0 Å². The molecule has 10 heteroatoms. The number of benzene rings is 2.